The molecule has 1 aromatic heterocycles. The van der Waals surface area contributed by atoms with Crippen molar-refractivity contribution in [2.24, 2.45) is 12.8 Å². The first-order chi connectivity index (χ1) is 9.94. The molecule has 3 N–H and O–H groups in total. The smallest absolute Gasteiger partial charge is 0.265 e. The van der Waals surface area contributed by atoms with Crippen molar-refractivity contribution in [2.45, 2.75) is 4.90 Å². The molecule has 110 valence electrons. The highest BCUT2D eigenvalue weighted by Crippen LogP contribution is 2.24. The summed E-state index contributed by atoms with van der Waals surface area (Å²) < 4.78 is 28.1. The summed E-state index contributed by atoms with van der Waals surface area (Å²) in [6, 6.07) is 4.40. The topological polar surface area (TPSA) is 103 Å². The molecule has 1 aromatic carbocycles. The van der Waals surface area contributed by atoms with Crippen LogP contribution in [0, 0.1) is 11.8 Å². The summed E-state index contributed by atoms with van der Waals surface area (Å²) in [5.41, 5.74) is 5.86. The molecule has 0 aliphatic carbocycles. The quantitative estimate of drug-likeness (QED) is 0.803. The van der Waals surface area contributed by atoms with Gasteiger partial charge in [-0.1, -0.05) is 23.4 Å². The lowest BCUT2D eigenvalue weighted by molar-refractivity contribution is 0.600. The molecule has 0 bridgehead atoms. The van der Waals surface area contributed by atoms with E-state index in [9.17, 15) is 8.42 Å². The lowest BCUT2D eigenvalue weighted by Crippen LogP contribution is -2.16. The summed E-state index contributed by atoms with van der Waals surface area (Å²) in [6.07, 6.45) is 1.24. The Morgan fingerprint density at radius 3 is 2.81 bits per heavy atom. The molecule has 0 unspecified atom stereocenters. The minimum absolute atomic E-state index is 0.0634. The van der Waals surface area contributed by atoms with E-state index in [1.165, 1.54) is 23.1 Å². The van der Waals surface area contributed by atoms with E-state index in [1.54, 1.807) is 13.1 Å². The number of hydrogen-bond donors (Lipinski definition) is 2. The average Bonchev–Trinajstić information content (AvgIpc) is 2.81. The van der Waals surface area contributed by atoms with Crippen LogP contribution in [0.2, 0.25) is 5.02 Å². The largest absolute Gasteiger partial charge is 0.320 e. The van der Waals surface area contributed by atoms with Crippen molar-refractivity contribution in [2.75, 3.05) is 11.3 Å². The van der Waals surface area contributed by atoms with Crippen LogP contribution in [-0.2, 0) is 17.1 Å². The number of benzene rings is 1. The van der Waals surface area contributed by atoms with Crippen LogP contribution >= 0.6 is 11.6 Å². The zero-order valence-corrected chi connectivity index (χ0v) is 12.6. The number of nitrogens with one attached hydrogen (secondary N) is 1. The van der Waals surface area contributed by atoms with Crippen LogP contribution in [0.25, 0.3) is 0 Å². The summed E-state index contributed by atoms with van der Waals surface area (Å²) in [6.45, 7) is 0.214. The molecule has 0 saturated carbocycles. The number of rotatable bonds is 3. The van der Waals surface area contributed by atoms with Crippen LogP contribution in [-0.4, -0.2) is 29.7 Å². The maximum atomic E-state index is 12.3. The van der Waals surface area contributed by atoms with Crippen molar-refractivity contribution in [3.05, 3.63) is 35.1 Å². The highest BCUT2D eigenvalue weighted by molar-refractivity contribution is 7.92. The summed E-state index contributed by atoms with van der Waals surface area (Å²) in [7, 11) is -2.28. The summed E-state index contributed by atoms with van der Waals surface area (Å²) >= 11 is 6.01. The van der Waals surface area contributed by atoms with Crippen LogP contribution in [0.1, 0.15) is 5.56 Å². The molecule has 0 saturated heterocycles. The molecule has 1 heterocycles. The number of anilines is 1. The molecule has 0 atom stereocenters. The van der Waals surface area contributed by atoms with E-state index in [-0.39, 0.29) is 22.4 Å². The van der Waals surface area contributed by atoms with E-state index >= 15 is 0 Å². The lowest BCUT2D eigenvalue weighted by atomic mass is 10.2. The van der Waals surface area contributed by atoms with Gasteiger partial charge in [-0.2, -0.15) is 10.1 Å². The Labute approximate surface area is 127 Å². The molecule has 0 fully saturated rings. The third kappa shape index (κ3) is 3.52. The maximum Gasteiger partial charge on any atom is 0.265 e. The Hall–Kier alpha value is -2.08. The predicted octanol–water partition coefficient (Wildman–Crippen LogP) is 0.580. The van der Waals surface area contributed by atoms with Gasteiger partial charge in [0.15, 0.2) is 0 Å². The first-order valence-corrected chi connectivity index (χ1v) is 7.65. The van der Waals surface area contributed by atoms with E-state index in [0.717, 1.165) is 0 Å². The second-order valence-electron chi connectivity index (χ2n) is 3.96. The molecule has 0 aliphatic heterocycles. The Balaban J connectivity index is 2.34. The van der Waals surface area contributed by atoms with Crippen molar-refractivity contribution >= 4 is 27.6 Å². The number of hydrogen-bond acceptors (Lipinski definition) is 5. The second-order valence-corrected chi connectivity index (χ2v) is 6.02. The van der Waals surface area contributed by atoms with Gasteiger partial charge in [-0.25, -0.2) is 17.8 Å². The van der Waals surface area contributed by atoms with E-state index in [4.69, 9.17) is 17.3 Å². The van der Waals surface area contributed by atoms with Crippen LogP contribution < -0.4 is 10.5 Å². The molecule has 0 aliphatic rings. The highest BCUT2D eigenvalue weighted by Gasteiger charge is 2.20. The Kier molecular flexibility index (Phi) is 4.47. The van der Waals surface area contributed by atoms with Gasteiger partial charge in [-0.3, -0.25) is 0 Å². The molecule has 9 heteroatoms. The number of nitrogens with zero attached hydrogens (tertiary/aromatic N) is 3. The maximum absolute atomic E-state index is 12.3. The fourth-order valence-corrected chi connectivity index (χ4v) is 3.10. The Morgan fingerprint density at radius 2 is 2.24 bits per heavy atom. The minimum Gasteiger partial charge on any atom is -0.320 e. The van der Waals surface area contributed by atoms with Gasteiger partial charge >= 0.3 is 0 Å². The molecular weight excluding hydrogens is 314 g/mol. The van der Waals surface area contributed by atoms with E-state index in [1.807, 2.05) is 0 Å². The van der Waals surface area contributed by atoms with Crippen LogP contribution in [0.4, 0.5) is 5.95 Å². The fourth-order valence-electron chi connectivity index (χ4n) is 1.51. The van der Waals surface area contributed by atoms with Gasteiger partial charge < -0.3 is 5.73 Å². The average molecular weight is 326 g/mol. The van der Waals surface area contributed by atoms with Crippen LogP contribution in [0.15, 0.2) is 29.4 Å². The first-order valence-electron chi connectivity index (χ1n) is 5.79. The number of sulfonamides is 1. The lowest BCUT2D eigenvalue weighted by Gasteiger charge is -2.08. The highest BCUT2D eigenvalue weighted by atomic mass is 35.5. The Morgan fingerprint density at radius 1 is 1.48 bits per heavy atom. The summed E-state index contributed by atoms with van der Waals surface area (Å²) in [5, 5.41) is 3.84. The molecule has 2 rings (SSSR count). The second kappa shape index (κ2) is 6.13. The minimum atomic E-state index is -3.85. The van der Waals surface area contributed by atoms with Crippen LogP contribution in [0.3, 0.4) is 0 Å². The molecule has 0 spiro atoms. The van der Waals surface area contributed by atoms with Crippen molar-refractivity contribution < 1.29 is 8.42 Å². The number of aryl methyl sites for hydroxylation is 1. The van der Waals surface area contributed by atoms with E-state index in [2.05, 4.69) is 26.6 Å². The standard InChI is InChI=1S/C12H12ClN5O2S/c1-18-12(15-8-16-18)17-21(19,20)11-5-4-9(3-2-6-14)7-10(11)13/h4-5,7-8H,6,14H2,1H3,(H,15,16,17). The number of nitrogens with two attached hydrogens (primary N) is 1. The van der Waals surface area contributed by atoms with Crippen molar-refractivity contribution in [1.82, 2.24) is 14.8 Å². The molecule has 2 aromatic rings. The SMILES string of the molecule is Cn1ncnc1NS(=O)(=O)c1ccc(C#CCN)cc1Cl. The summed E-state index contributed by atoms with van der Waals surface area (Å²) in [5.74, 6) is 5.54. The Bertz CT molecular complexity index is 820. The van der Waals surface area contributed by atoms with Gasteiger partial charge in [-0.15, -0.1) is 0 Å². The number of aromatic nitrogens is 3. The number of halogens is 1. The molecular formula is C12H12ClN5O2S. The third-order valence-corrected chi connectivity index (χ3v) is 4.30. The van der Waals surface area contributed by atoms with Gasteiger partial charge in [-0.05, 0) is 18.2 Å². The van der Waals surface area contributed by atoms with Crippen LogP contribution in [0.5, 0.6) is 0 Å². The first kappa shape index (κ1) is 15.3. The van der Waals surface area contributed by atoms with Gasteiger partial charge in [0.05, 0.1) is 11.6 Å². The van der Waals surface area contributed by atoms with E-state index in [0.29, 0.717) is 5.56 Å². The molecule has 21 heavy (non-hydrogen) atoms. The molecule has 0 radical (unpaired) electrons. The van der Waals surface area contributed by atoms with Gasteiger partial charge in [0.1, 0.15) is 11.2 Å². The fraction of sp³-hybridized carbons (Fsp3) is 0.167. The van der Waals surface area contributed by atoms with Crippen molar-refractivity contribution in [3.8, 4) is 11.8 Å². The zero-order valence-electron chi connectivity index (χ0n) is 11.0. The zero-order chi connectivity index (χ0) is 15.5. The predicted molar refractivity (Wildman–Crippen MR) is 79.2 cm³/mol. The van der Waals surface area contributed by atoms with Gasteiger partial charge in [0, 0.05) is 12.6 Å². The van der Waals surface area contributed by atoms with Crippen molar-refractivity contribution in [1.29, 1.82) is 0 Å². The van der Waals surface area contributed by atoms with E-state index < -0.39 is 10.0 Å². The molecule has 7 nitrogen and oxygen atoms in total. The van der Waals surface area contributed by atoms with Crippen molar-refractivity contribution in [3.63, 3.8) is 0 Å². The van der Waals surface area contributed by atoms with Gasteiger partial charge in [0.2, 0.25) is 5.95 Å². The normalized spacial score (nSPS) is 10.8. The molecule has 0 amide bonds. The van der Waals surface area contributed by atoms with Gasteiger partial charge in [0.25, 0.3) is 10.0 Å². The monoisotopic (exact) mass is 325 g/mol. The summed E-state index contributed by atoms with van der Waals surface area (Å²) in [4.78, 5) is 3.73. The third-order valence-electron chi connectivity index (χ3n) is 2.49.